The van der Waals surface area contributed by atoms with Gasteiger partial charge in [0.1, 0.15) is 0 Å². The maximum absolute atomic E-state index is 10.9. The van der Waals surface area contributed by atoms with Crippen molar-refractivity contribution in [2.24, 2.45) is 0 Å². The van der Waals surface area contributed by atoms with Crippen LogP contribution in [-0.2, 0) is 11.3 Å². The van der Waals surface area contributed by atoms with Crippen molar-refractivity contribution >= 4 is 5.97 Å². The third kappa shape index (κ3) is 3.82. The molecule has 1 heterocycles. The van der Waals surface area contributed by atoms with Crippen LogP contribution < -0.4 is 5.32 Å². The normalized spacial score (nSPS) is 21.4. The first-order valence-corrected chi connectivity index (χ1v) is 6.46. The Labute approximate surface area is 108 Å². The quantitative estimate of drug-likeness (QED) is 0.844. The van der Waals surface area contributed by atoms with Crippen molar-refractivity contribution in [3.63, 3.8) is 0 Å². The Hall–Kier alpha value is -1.39. The number of hydrogen-bond donors (Lipinski definition) is 2. The van der Waals surface area contributed by atoms with Crippen LogP contribution in [0.25, 0.3) is 0 Å². The lowest BCUT2D eigenvalue weighted by Gasteiger charge is -2.28. The van der Waals surface area contributed by atoms with Gasteiger partial charge in [0.05, 0.1) is 6.42 Å². The number of benzene rings is 1. The lowest BCUT2D eigenvalue weighted by molar-refractivity contribution is -0.138. The highest BCUT2D eigenvalue weighted by Gasteiger charge is 2.23. The minimum absolute atomic E-state index is 0.137. The van der Waals surface area contributed by atoms with E-state index in [2.05, 4.69) is 22.3 Å². The average Bonchev–Trinajstić information content (AvgIpc) is 2.56. The first-order chi connectivity index (χ1) is 8.75. The van der Waals surface area contributed by atoms with E-state index in [1.165, 1.54) is 5.56 Å². The highest BCUT2D eigenvalue weighted by atomic mass is 16.4. The Morgan fingerprint density at radius 3 is 2.83 bits per heavy atom. The zero-order chi connectivity index (χ0) is 12.8. The van der Waals surface area contributed by atoms with Gasteiger partial charge < -0.3 is 10.4 Å². The average molecular weight is 248 g/mol. The number of carboxylic acids is 1. The molecular weight excluding hydrogens is 228 g/mol. The molecule has 0 aliphatic carbocycles. The van der Waals surface area contributed by atoms with E-state index in [0.29, 0.717) is 0 Å². The SMILES string of the molecule is O=C(O)CC1CCNCCN1Cc1ccccc1. The zero-order valence-corrected chi connectivity index (χ0v) is 10.5. The van der Waals surface area contributed by atoms with Gasteiger partial charge in [-0.15, -0.1) is 0 Å². The number of carbonyl (C=O) groups is 1. The smallest absolute Gasteiger partial charge is 0.304 e. The van der Waals surface area contributed by atoms with Gasteiger partial charge in [-0.05, 0) is 18.5 Å². The van der Waals surface area contributed by atoms with E-state index in [1.807, 2.05) is 18.2 Å². The van der Waals surface area contributed by atoms with Crippen LogP contribution in [0.1, 0.15) is 18.4 Å². The molecule has 0 aromatic heterocycles. The van der Waals surface area contributed by atoms with Gasteiger partial charge in [0.2, 0.25) is 0 Å². The van der Waals surface area contributed by atoms with Crippen molar-refractivity contribution in [3.05, 3.63) is 35.9 Å². The molecule has 1 saturated heterocycles. The summed E-state index contributed by atoms with van der Waals surface area (Å²) >= 11 is 0. The van der Waals surface area contributed by atoms with Gasteiger partial charge in [0.25, 0.3) is 0 Å². The fourth-order valence-electron chi connectivity index (χ4n) is 2.44. The first-order valence-electron chi connectivity index (χ1n) is 6.46. The lowest BCUT2D eigenvalue weighted by atomic mass is 10.1. The topological polar surface area (TPSA) is 52.6 Å². The van der Waals surface area contributed by atoms with Crippen LogP contribution in [0.4, 0.5) is 0 Å². The second kappa shape index (κ2) is 6.52. The molecule has 1 atom stereocenters. The van der Waals surface area contributed by atoms with Crippen molar-refractivity contribution in [1.82, 2.24) is 10.2 Å². The molecule has 1 aliphatic rings. The molecule has 1 fully saturated rings. The molecule has 0 amide bonds. The van der Waals surface area contributed by atoms with Crippen molar-refractivity contribution in [3.8, 4) is 0 Å². The van der Waals surface area contributed by atoms with Crippen LogP contribution in [0.2, 0.25) is 0 Å². The molecule has 1 aliphatic heterocycles. The van der Waals surface area contributed by atoms with E-state index < -0.39 is 5.97 Å². The standard InChI is InChI=1S/C14H20N2O2/c17-14(18)10-13-6-7-15-8-9-16(13)11-12-4-2-1-3-5-12/h1-5,13,15H,6-11H2,(H,17,18). The Morgan fingerprint density at radius 2 is 2.11 bits per heavy atom. The van der Waals surface area contributed by atoms with E-state index in [-0.39, 0.29) is 12.5 Å². The first kappa shape index (κ1) is 13.1. The number of aliphatic carboxylic acids is 1. The number of rotatable bonds is 4. The number of carboxylic acid groups (broad SMARTS) is 1. The summed E-state index contributed by atoms with van der Waals surface area (Å²) in [6, 6.07) is 10.4. The molecule has 98 valence electrons. The van der Waals surface area contributed by atoms with Gasteiger partial charge in [-0.25, -0.2) is 0 Å². The summed E-state index contributed by atoms with van der Waals surface area (Å²) in [5.74, 6) is -0.708. The number of nitrogens with zero attached hydrogens (tertiary/aromatic N) is 1. The summed E-state index contributed by atoms with van der Waals surface area (Å²) in [4.78, 5) is 13.2. The third-order valence-electron chi connectivity index (χ3n) is 3.39. The molecule has 2 N–H and O–H groups in total. The van der Waals surface area contributed by atoms with Crippen molar-refractivity contribution in [1.29, 1.82) is 0 Å². The predicted molar refractivity (Wildman–Crippen MR) is 70.4 cm³/mol. The fraction of sp³-hybridized carbons (Fsp3) is 0.500. The molecule has 1 aromatic rings. The monoisotopic (exact) mass is 248 g/mol. The van der Waals surface area contributed by atoms with E-state index in [0.717, 1.165) is 32.6 Å². The zero-order valence-electron chi connectivity index (χ0n) is 10.5. The minimum atomic E-state index is -0.708. The molecule has 4 heteroatoms. The van der Waals surface area contributed by atoms with Gasteiger partial charge >= 0.3 is 5.97 Å². The fourth-order valence-corrected chi connectivity index (χ4v) is 2.44. The second-order valence-corrected chi connectivity index (χ2v) is 4.75. The van der Waals surface area contributed by atoms with Crippen LogP contribution in [-0.4, -0.2) is 41.7 Å². The molecule has 1 aromatic carbocycles. The Kier molecular flexibility index (Phi) is 4.73. The molecule has 18 heavy (non-hydrogen) atoms. The van der Waals surface area contributed by atoms with E-state index >= 15 is 0 Å². The predicted octanol–water partition coefficient (Wildman–Crippen LogP) is 1.33. The van der Waals surface area contributed by atoms with Gasteiger partial charge in [-0.1, -0.05) is 30.3 Å². The minimum Gasteiger partial charge on any atom is -0.481 e. The van der Waals surface area contributed by atoms with Gasteiger partial charge in [0.15, 0.2) is 0 Å². The van der Waals surface area contributed by atoms with Crippen LogP contribution >= 0.6 is 0 Å². The van der Waals surface area contributed by atoms with Crippen LogP contribution in [0.3, 0.4) is 0 Å². The molecule has 0 radical (unpaired) electrons. The summed E-state index contributed by atoms with van der Waals surface area (Å²) in [5.41, 5.74) is 1.25. The summed E-state index contributed by atoms with van der Waals surface area (Å²) < 4.78 is 0. The number of nitrogens with one attached hydrogen (secondary N) is 1. The van der Waals surface area contributed by atoms with Crippen molar-refractivity contribution in [2.45, 2.75) is 25.4 Å². The summed E-state index contributed by atoms with van der Waals surface area (Å²) in [7, 11) is 0. The lowest BCUT2D eigenvalue weighted by Crippen LogP contribution is -2.37. The largest absolute Gasteiger partial charge is 0.481 e. The Bertz CT molecular complexity index is 381. The highest BCUT2D eigenvalue weighted by molar-refractivity contribution is 5.67. The van der Waals surface area contributed by atoms with Gasteiger partial charge in [-0.2, -0.15) is 0 Å². The van der Waals surface area contributed by atoms with Gasteiger partial charge in [0, 0.05) is 25.7 Å². The maximum atomic E-state index is 10.9. The molecular formula is C14H20N2O2. The maximum Gasteiger partial charge on any atom is 0.304 e. The Morgan fingerprint density at radius 1 is 1.33 bits per heavy atom. The van der Waals surface area contributed by atoms with E-state index in [9.17, 15) is 4.79 Å². The summed E-state index contributed by atoms with van der Waals surface area (Å²) in [5, 5.41) is 12.3. The molecule has 1 unspecified atom stereocenters. The van der Waals surface area contributed by atoms with E-state index in [1.54, 1.807) is 0 Å². The molecule has 2 rings (SSSR count). The van der Waals surface area contributed by atoms with Crippen molar-refractivity contribution < 1.29 is 9.90 Å². The summed E-state index contributed by atoms with van der Waals surface area (Å²) in [6.45, 7) is 3.58. The Balaban J connectivity index is 2.03. The molecule has 4 nitrogen and oxygen atoms in total. The summed E-state index contributed by atoms with van der Waals surface area (Å²) in [6.07, 6.45) is 1.13. The van der Waals surface area contributed by atoms with Crippen LogP contribution in [0, 0.1) is 0 Å². The van der Waals surface area contributed by atoms with Crippen LogP contribution in [0.15, 0.2) is 30.3 Å². The molecule has 0 bridgehead atoms. The van der Waals surface area contributed by atoms with E-state index in [4.69, 9.17) is 5.11 Å². The van der Waals surface area contributed by atoms with Gasteiger partial charge in [-0.3, -0.25) is 9.69 Å². The van der Waals surface area contributed by atoms with Crippen molar-refractivity contribution in [2.75, 3.05) is 19.6 Å². The number of hydrogen-bond acceptors (Lipinski definition) is 3. The molecule has 0 spiro atoms. The highest BCUT2D eigenvalue weighted by Crippen LogP contribution is 2.15. The second-order valence-electron chi connectivity index (χ2n) is 4.75. The molecule has 0 saturated carbocycles. The third-order valence-corrected chi connectivity index (χ3v) is 3.39. The van der Waals surface area contributed by atoms with Crippen LogP contribution in [0.5, 0.6) is 0 Å².